The van der Waals surface area contributed by atoms with E-state index in [9.17, 15) is 0 Å². The molecule has 0 aromatic rings. The second-order valence-corrected chi connectivity index (χ2v) is 1.20. The molecule has 0 saturated heterocycles. The van der Waals surface area contributed by atoms with Gasteiger partial charge in [0.2, 0.25) is 0 Å². The molecule has 78 valence electrons. The number of hydrogen-bond donors (Lipinski definition) is 0. The third kappa shape index (κ3) is 82.6. The summed E-state index contributed by atoms with van der Waals surface area (Å²) in [6.45, 7) is 0. The Morgan fingerprint density at radius 2 is 0.667 bits per heavy atom. The Labute approximate surface area is 229 Å². The zero-order chi connectivity index (χ0) is 12.9. The number of nitriles is 3. The first-order valence-electron chi connectivity index (χ1n) is 2.65. The molecule has 12 heteroatoms. The standard InChI is InChI=1S/3C2HNO2.3K/c3*3-1-2(4)5;;;/h3*(H,4,5);;;/q;;;3*+1/p-3. The molecule has 0 spiro atoms. The third-order valence-corrected chi connectivity index (χ3v) is 0.274. The second kappa shape index (κ2) is 31.3. The van der Waals surface area contributed by atoms with Crippen LogP contribution in [0.4, 0.5) is 0 Å². The Kier molecular flexibility index (Phi) is 63.8. The third-order valence-electron chi connectivity index (χ3n) is 0.274. The first-order valence-corrected chi connectivity index (χ1v) is 2.65. The molecule has 0 fully saturated rings. The quantitative estimate of drug-likeness (QED) is 0.306. The Hall–Kier alpha value is 1.79. The van der Waals surface area contributed by atoms with Crippen molar-refractivity contribution in [2.24, 2.45) is 0 Å². The summed E-state index contributed by atoms with van der Waals surface area (Å²) >= 11 is 0. The van der Waals surface area contributed by atoms with Gasteiger partial charge in [-0.1, -0.05) is 0 Å². The van der Waals surface area contributed by atoms with Gasteiger partial charge in [0, 0.05) is 0 Å². The summed E-state index contributed by atoms with van der Waals surface area (Å²) in [6, 6.07) is 2.50. The van der Waals surface area contributed by atoms with Gasteiger partial charge in [-0.2, -0.15) is 15.8 Å². The summed E-state index contributed by atoms with van der Waals surface area (Å²) in [4.78, 5) is 26.7. The van der Waals surface area contributed by atoms with Crippen LogP contribution in [-0.4, -0.2) is 17.9 Å². The van der Waals surface area contributed by atoms with E-state index in [2.05, 4.69) is 0 Å². The molecule has 0 aromatic carbocycles. The average Bonchev–Trinajstić information content (AvgIpc) is 2.19. The second-order valence-electron chi connectivity index (χ2n) is 1.20. The van der Waals surface area contributed by atoms with Crippen molar-refractivity contribution < 1.29 is 184 Å². The zero-order valence-electron chi connectivity index (χ0n) is 9.79. The first kappa shape index (κ1) is 36.7. The van der Waals surface area contributed by atoms with Gasteiger partial charge in [0.1, 0.15) is 36.1 Å². The number of hydrogen-bond acceptors (Lipinski definition) is 9. The Bertz CT molecular complexity index is 309. The van der Waals surface area contributed by atoms with E-state index >= 15 is 0 Å². The number of rotatable bonds is 0. The fraction of sp³-hybridized carbons (Fsp3) is 0. The largest absolute Gasteiger partial charge is 1.00 e. The van der Waals surface area contributed by atoms with Crippen molar-refractivity contribution >= 4 is 17.9 Å². The molecule has 0 aliphatic heterocycles. The monoisotopic (exact) mass is 327 g/mol. The van der Waals surface area contributed by atoms with E-state index in [1.807, 2.05) is 0 Å². The normalized spacial score (nSPS) is 4.50. The van der Waals surface area contributed by atoms with Gasteiger partial charge >= 0.3 is 154 Å². The minimum atomic E-state index is -1.69. The molecule has 0 aliphatic carbocycles. The molecule has 18 heavy (non-hydrogen) atoms. The van der Waals surface area contributed by atoms with Crippen molar-refractivity contribution in [3.05, 3.63) is 0 Å². The fourth-order valence-corrected chi connectivity index (χ4v) is 0. The molecule has 0 unspecified atom stereocenters. The number of carboxylic acids is 3. The predicted octanol–water partition coefficient (Wildman–Crippen LogP) is -14.2. The summed E-state index contributed by atoms with van der Waals surface area (Å²) in [5.41, 5.74) is 0. The molecule has 0 bridgehead atoms. The van der Waals surface area contributed by atoms with Crippen molar-refractivity contribution in [1.82, 2.24) is 0 Å². The van der Waals surface area contributed by atoms with Crippen LogP contribution in [0.25, 0.3) is 0 Å². The van der Waals surface area contributed by atoms with Crippen LogP contribution in [0.1, 0.15) is 0 Å². The summed E-state index contributed by atoms with van der Waals surface area (Å²) in [5, 5.41) is 48.4. The van der Waals surface area contributed by atoms with Crippen LogP contribution >= 0.6 is 0 Å². The van der Waals surface area contributed by atoms with E-state index in [1.165, 1.54) is 0 Å². The van der Waals surface area contributed by atoms with Crippen LogP contribution in [0.15, 0.2) is 0 Å². The number of carbonyl (C=O) groups is 3. The van der Waals surface area contributed by atoms with Crippen molar-refractivity contribution in [2.45, 2.75) is 0 Å². The van der Waals surface area contributed by atoms with Gasteiger partial charge in [0.25, 0.3) is 0 Å². The van der Waals surface area contributed by atoms with Gasteiger partial charge in [-0.3, -0.25) is 0 Å². The molecule has 9 nitrogen and oxygen atoms in total. The van der Waals surface area contributed by atoms with Crippen LogP contribution < -0.4 is 169 Å². The van der Waals surface area contributed by atoms with Crippen molar-refractivity contribution in [2.75, 3.05) is 0 Å². The van der Waals surface area contributed by atoms with E-state index in [-0.39, 0.29) is 154 Å². The van der Waals surface area contributed by atoms with Crippen LogP contribution in [0.2, 0.25) is 0 Å². The van der Waals surface area contributed by atoms with Gasteiger partial charge in [0.15, 0.2) is 0 Å². The smallest absolute Gasteiger partial charge is 0.535 e. The van der Waals surface area contributed by atoms with E-state index < -0.39 is 17.9 Å². The van der Waals surface area contributed by atoms with E-state index in [1.54, 1.807) is 0 Å². The van der Waals surface area contributed by atoms with Gasteiger partial charge < -0.3 is 29.7 Å². The maximum atomic E-state index is 8.90. The number of nitrogens with zero attached hydrogens (tertiary/aromatic N) is 3. The Morgan fingerprint density at radius 3 is 0.667 bits per heavy atom. The summed E-state index contributed by atoms with van der Waals surface area (Å²) in [5.74, 6) is -5.07. The van der Waals surface area contributed by atoms with Crippen molar-refractivity contribution in [3.63, 3.8) is 0 Å². The van der Waals surface area contributed by atoms with Crippen molar-refractivity contribution in [1.29, 1.82) is 15.8 Å². The first-order chi connectivity index (χ1) is 6.81. The molecular weight excluding hydrogens is 327 g/mol. The number of carbonyl (C=O) groups excluding carboxylic acids is 3. The molecule has 0 amide bonds. The van der Waals surface area contributed by atoms with Crippen molar-refractivity contribution in [3.8, 4) is 18.2 Å². The van der Waals surface area contributed by atoms with Crippen LogP contribution in [0, 0.1) is 34.0 Å². The number of carboxylic acid groups (broad SMARTS) is 3. The average molecular weight is 327 g/mol. The van der Waals surface area contributed by atoms with E-state index in [4.69, 9.17) is 45.5 Å². The SMILES string of the molecule is N#CC(=O)[O-].N#CC(=O)[O-].N#CC(=O)[O-].[K+].[K+].[K+]. The molecule has 0 saturated carbocycles. The van der Waals surface area contributed by atoms with Gasteiger partial charge in [-0.15, -0.1) is 0 Å². The maximum Gasteiger partial charge on any atom is 1.00 e. The van der Waals surface area contributed by atoms with Crippen LogP contribution in [0.5, 0.6) is 0 Å². The molecular formula is C6K3N3O6. The minimum Gasteiger partial charge on any atom is -0.535 e. The minimum absolute atomic E-state index is 0. The topological polar surface area (TPSA) is 192 Å². The van der Waals surface area contributed by atoms with E-state index in [0.29, 0.717) is 0 Å². The van der Waals surface area contributed by atoms with E-state index in [0.717, 1.165) is 18.2 Å². The van der Waals surface area contributed by atoms with Crippen LogP contribution in [0.3, 0.4) is 0 Å². The molecule has 0 N–H and O–H groups in total. The van der Waals surface area contributed by atoms with Gasteiger partial charge in [-0.05, 0) is 0 Å². The summed E-state index contributed by atoms with van der Waals surface area (Å²) < 4.78 is 0. The molecule has 0 rings (SSSR count). The molecule has 0 radical (unpaired) electrons. The molecule has 0 heterocycles. The molecule has 0 aliphatic rings. The van der Waals surface area contributed by atoms with Crippen LogP contribution in [-0.2, 0) is 14.4 Å². The number of aliphatic carboxylic acids is 3. The molecule has 0 aromatic heterocycles. The summed E-state index contributed by atoms with van der Waals surface area (Å²) in [6.07, 6.45) is 0. The van der Waals surface area contributed by atoms with Gasteiger partial charge in [-0.25, -0.2) is 0 Å². The summed E-state index contributed by atoms with van der Waals surface area (Å²) in [7, 11) is 0. The zero-order valence-corrected chi connectivity index (χ0v) is 19.2. The predicted molar refractivity (Wildman–Crippen MR) is 31.9 cm³/mol. The molecule has 0 atom stereocenters. The Morgan fingerprint density at radius 1 is 0.611 bits per heavy atom. The fourth-order valence-electron chi connectivity index (χ4n) is 0. The van der Waals surface area contributed by atoms with Gasteiger partial charge in [0.05, 0.1) is 0 Å². The maximum absolute atomic E-state index is 8.90. The Balaban J connectivity index is -0.0000000277.